The molecule has 2 aliphatic rings. The summed E-state index contributed by atoms with van der Waals surface area (Å²) in [6.45, 7) is 4.96. The van der Waals surface area contributed by atoms with E-state index in [0.29, 0.717) is 24.6 Å². The van der Waals surface area contributed by atoms with Crippen LogP contribution in [0.3, 0.4) is 0 Å². The molecule has 1 aromatic rings. The Morgan fingerprint density at radius 2 is 2.08 bits per heavy atom. The topological polar surface area (TPSA) is 74.3 Å². The third-order valence-corrected chi connectivity index (χ3v) is 4.91. The molecule has 2 amide bonds. The number of nitrogens with one attached hydrogen (secondary N) is 2. The Hall–Kier alpha value is -1.37. The largest absolute Gasteiger partial charge is 0.354 e. The first-order chi connectivity index (χ1) is 11.6. The Bertz CT molecular complexity index is 591. The number of aromatic nitrogens is 1. The van der Waals surface area contributed by atoms with Crippen molar-refractivity contribution in [3.63, 3.8) is 0 Å². The molecule has 2 atom stereocenters. The molecule has 146 valence electrons. The maximum Gasteiger partial charge on any atom is 0.255 e. The predicted octanol–water partition coefficient (Wildman–Crippen LogP) is 1.95. The summed E-state index contributed by atoms with van der Waals surface area (Å²) in [7, 11) is 0. The number of nitrogens with zero attached hydrogens (tertiary/aromatic N) is 2. The van der Waals surface area contributed by atoms with E-state index in [2.05, 4.69) is 15.6 Å². The van der Waals surface area contributed by atoms with E-state index in [0.717, 1.165) is 44.5 Å². The first-order valence-electron chi connectivity index (χ1n) is 8.86. The van der Waals surface area contributed by atoms with Crippen LogP contribution in [0.1, 0.15) is 41.7 Å². The number of likely N-dealkylation sites (tertiary alicyclic amines) is 1. The van der Waals surface area contributed by atoms with E-state index in [1.54, 1.807) is 6.20 Å². The van der Waals surface area contributed by atoms with Crippen LogP contribution in [0.15, 0.2) is 18.3 Å². The molecule has 2 aliphatic heterocycles. The van der Waals surface area contributed by atoms with Crippen LogP contribution in [0.4, 0.5) is 0 Å². The van der Waals surface area contributed by atoms with Gasteiger partial charge in [-0.25, -0.2) is 0 Å². The van der Waals surface area contributed by atoms with Crippen molar-refractivity contribution < 1.29 is 9.59 Å². The lowest BCUT2D eigenvalue weighted by Crippen LogP contribution is -2.46. The van der Waals surface area contributed by atoms with Gasteiger partial charge in [-0.15, -0.1) is 24.8 Å². The minimum atomic E-state index is -0.0371. The van der Waals surface area contributed by atoms with Gasteiger partial charge in [0.1, 0.15) is 0 Å². The van der Waals surface area contributed by atoms with Gasteiger partial charge in [-0.05, 0) is 57.2 Å². The number of amides is 2. The van der Waals surface area contributed by atoms with E-state index < -0.39 is 0 Å². The van der Waals surface area contributed by atoms with Gasteiger partial charge in [0.25, 0.3) is 5.91 Å². The lowest BCUT2D eigenvalue weighted by Gasteiger charge is -2.33. The first kappa shape index (κ1) is 22.7. The Morgan fingerprint density at radius 3 is 2.73 bits per heavy atom. The number of piperidine rings is 1. The molecule has 0 aliphatic carbocycles. The number of hydrogen-bond acceptors (Lipinski definition) is 4. The minimum absolute atomic E-state index is 0. The molecule has 1 aromatic heterocycles. The third-order valence-electron chi connectivity index (χ3n) is 4.91. The average Bonchev–Trinajstić information content (AvgIpc) is 3.15. The molecular weight excluding hydrogens is 375 g/mol. The monoisotopic (exact) mass is 402 g/mol. The molecule has 0 radical (unpaired) electrons. The molecule has 6 nitrogen and oxygen atoms in total. The number of aryl methyl sites for hydroxylation is 1. The fourth-order valence-corrected chi connectivity index (χ4v) is 3.47. The number of hydrogen-bond donors (Lipinski definition) is 2. The molecule has 2 unspecified atom stereocenters. The lowest BCUT2D eigenvalue weighted by atomic mass is 9.97. The van der Waals surface area contributed by atoms with Crippen LogP contribution in [0.25, 0.3) is 0 Å². The van der Waals surface area contributed by atoms with Crippen LogP contribution in [-0.4, -0.2) is 53.9 Å². The second kappa shape index (κ2) is 10.7. The molecule has 0 aromatic carbocycles. The smallest absolute Gasteiger partial charge is 0.255 e. The lowest BCUT2D eigenvalue weighted by molar-refractivity contribution is -0.123. The average molecular weight is 403 g/mol. The standard InChI is InChI=1S/C18H26N4O2.2ClH/c1-13-6-7-15(11-20-13)18(24)22-9-3-4-14(12-22)10-21-17(23)16-5-2-8-19-16;;/h6-7,11,14,16,19H,2-5,8-10,12H2,1H3,(H,21,23);2*1H. The van der Waals surface area contributed by atoms with Gasteiger partial charge in [-0.1, -0.05) is 0 Å². The minimum Gasteiger partial charge on any atom is -0.354 e. The summed E-state index contributed by atoms with van der Waals surface area (Å²) in [6, 6.07) is 3.66. The molecule has 3 heterocycles. The normalized spacial score (nSPS) is 22.1. The van der Waals surface area contributed by atoms with E-state index >= 15 is 0 Å². The second-order valence-corrected chi connectivity index (χ2v) is 6.84. The molecular formula is C18H28Cl2N4O2. The molecule has 8 heteroatoms. The van der Waals surface area contributed by atoms with Crippen LogP contribution in [0.2, 0.25) is 0 Å². The van der Waals surface area contributed by atoms with Crippen molar-refractivity contribution in [3.05, 3.63) is 29.6 Å². The number of rotatable bonds is 4. The van der Waals surface area contributed by atoms with Crippen molar-refractivity contribution in [1.29, 1.82) is 0 Å². The number of carbonyl (C=O) groups is 2. The number of pyridine rings is 1. The van der Waals surface area contributed by atoms with Gasteiger partial charge in [0.15, 0.2) is 0 Å². The van der Waals surface area contributed by atoms with E-state index in [4.69, 9.17) is 0 Å². The fourth-order valence-electron chi connectivity index (χ4n) is 3.47. The highest BCUT2D eigenvalue weighted by molar-refractivity contribution is 5.94. The zero-order chi connectivity index (χ0) is 16.9. The van der Waals surface area contributed by atoms with Gasteiger partial charge < -0.3 is 15.5 Å². The molecule has 2 saturated heterocycles. The summed E-state index contributed by atoms with van der Waals surface area (Å²) in [5.41, 5.74) is 1.55. The molecule has 0 saturated carbocycles. The summed E-state index contributed by atoms with van der Waals surface area (Å²) < 4.78 is 0. The van der Waals surface area contributed by atoms with Crippen molar-refractivity contribution in [3.8, 4) is 0 Å². The number of carbonyl (C=O) groups excluding carboxylic acids is 2. The highest BCUT2D eigenvalue weighted by Crippen LogP contribution is 2.18. The summed E-state index contributed by atoms with van der Waals surface area (Å²) in [6.07, 6.45) is 5.66. The summed E-state index contributed by atoms with van der Waals surface area (Å²) in [5, 5.41) is 6.26. The van der Waals surface area contributed by atoms with Crippen molar-refractivity contribution in [2.24, 2.45) is 5.92 Å². The predicted molar refractivity (Wildman–Crippen MR) is 106 cm³/mol. The highest BCUT2D eigenvalue weighted by atomic mass is 35.5. The zero-order valence-corrected chi connectivity index (χ0v) is 16.7. The molecule has 2 fully saturated rings. The molecule has 2 N–H and O–H groups in total. The Balaban J connectivity index is 0.00000169. The molecule has 0 spiro atoms. The third kappa shape index (κ3) is 5.83. The highest BCUT2D eigenvalue weighted by Gasteiger charge is 2.26. The van der Waals surface area contributed by atoms with Gasteiger partial charge in [0.05, 0.1) is 11.6 Å². The molecule has 26 heavy (non-hydrogen) atoms. The van der Waals surface area contributed by atoms with Gasteiger partial charge in [0, 0.05) is 31.5 Å². The van der Waals surface area contributed by atoms with Crippen molar-refractivity contribution in [2.45, 2.75) is 38.6 Å². The maximum atomic E-state index is 12.6. The van der Waals surface area contributed by atoms with Crippen molar-refractivity contribution >= 4 is 36.6 Å². The van der Waals surface area contributed by atoms with Crippen LogP contribution in [0.5, 0.6) is 0 Å². The molecule has 3 rings (SSSR count). The van der Waals surface area contributed by atoms with Crippen LogP contribution < -0.4 is 10.6 Å². The van der Waals surface area contributed by atoms with Crippen LogP contribution in [-0.2, 0) is 4.79 Å². The van der Waals surface area contributed by atoms with Gasteiger partial charge in [0.2, 0.25) is 5.91 Å². The van der Waals surface area contributed by atoms with Crippen LogP contribution in [0, 0.1) is 12.8 Å². The van der Waals surface area contributed by atoms with Crippen LogP contribution >= 0.6 is 24.8 Å². The van der Waals surface area contributed by atoms with E-state index in [-0.39, 0.29) is 42.7 Å². The molecule has 0 bridgehead atoms. The Morgan fingerprint density at radius 1 is 1.27 bits per heavy atom. The number of halogens is 2. The van der Waals surface area contributed by atoms with E-state index in [1.165, 1.54) is 0 Å². The summed E-state index contributed by atoms with van der Waals surface area (Å²) >= 11 is 0. The maximum absolute atomic E-state index is 12.6. The first-order valence-corrected chi connectivity index (χ1v) is 8.86. The SMILES string of the molecule is Cc1ccc(C(=O)N2CCCC(CNC(=O)C3CCCN3)C2)cn1.Cl.Cl. The van der Waals surface area contributed by atoms with E-state index in [1.807, 2.05) is 24.0 Å². The van der Waals surface area contributed by atoms with Crippen molar-refractivity contribution in [1.82, 2.24) is 20.5 Å². The van der Waals surface area contributed by atoms with Gasteiger partial charge >= 0.3 is 0 Å². The Kier molecular flexibility index (Phi) is 9.33. The fraction of sp³-hybridized carbons (Fsp3) is 0.611. The van der Waals surface area contributed by atoms with Gasteiger partial charge in [-0.2, -0.15) is 0 Å². The quantitative estimate of drug-likeness (QED) is 0.806. The summed E-state index contributed by atoms with van der Waals surface area (Å²) in [4.78, 5) is 30.8. The zero-order valence-electron chi connectivity index (χ0n) is 15.1. The summed E-state index contributed by atoms with van der Waals surface area (Å²) in [5.74, 6) is 0.459. The van der Waals surface area contributed by atoms with Crippen molar-refractivity contribution in [2.75, 3.05) is 26.2 Å². The Labute approximate surface area is 167 Å². The second-order valence-electron chi connectivity index (χ2n) is 6.84. The van der Waals surface area contributed by atoms with E-state index in [9.17, 15) is 9.59 Å². The van der Waals surface area contributed by atoms with Gasteiger partial charge in [-0.3, -0.25) is 14.6 Å².